The molecule has 304 valence electrons. The molecule has 0 saturated carbocycles. The lowest BCUT2D eigenvalue weighted by atomic mass is 9.90. The average molecular weight is 792 g/mol. The molecule has 0 aromatic rings. The van der Waals surface area contributed by atoms with Gasteiger partial charge in [0.15, 0.2) is 16.6 Å². The summed E-state index contributed by atoms with van der Waals surface area (Å²) in [6.45, 7) is 16.9. The molecule has 16 nitrogen and oxygen atoms in total. The van der Waals surface area contributed by atoms with E-state index < -0.39 is 105 Å². The topological polar surface area (TPSA) is 242 Å². The Morgan fingerprint density at radius 2 is 1.12 bits per heavy atom. The number of carbonyl (C=O) groups is 3. The standard InChI is InChI=1S/C17H44NO5Si3.C15H26O10/c1-18(2,11-12-19)15-17(20)16-21-13-10-14-26(9,22-24(3,4)5)23-25(6,7)8;1-13(4-16,5-17)11(22)24-8-15(3,10(20)21)9-25-12(23)14(2,6-18)7-19/h17,19-20H,10-16H2,1-9H3;16-19H,4-9H2,1-3H3,(H,20,21)/q+1;/p-1. The monoisotopic (exact) mass is 791 g/mol. The smallest absolute Gasteiger partial charge is 0.316 e. The predicted molar refractivity (Wildman–Crippen MR) is 195 cm³/mol. The maximum absolute atomic E-state index is 11.9. The first-order valence-corrected chi connectivity index (χ1v) is 26.4. The Hall–Kier alpha value is -1.34. The number of hydrogen-bond donors (Lipinski definition) is 6. The molecule has 0 rings (SSSR count). The van der Waals surface area contributed by atoms with Crippen molar-refractivity contribution < 1.29 is 77.1 Å². The Labute approximate surface area is 307 Å². The third kappa shape index (κ3) is 21.2. The molecule has 0 amide bonds. The Morgan fingerprint density at radius 3 is 1.43 bits per heavy atom. The van der Waals surface area contributed by atoms with Crippen LogP contribution in [-0.2, 0) is 36.8 Å². The predicted octanol–water partition coefficient (Wildman–Crippen LogP) is -0.591. The number of quaternary nitrogens is 1. The van der Waals surface area contributed by atoms with Gasteiger partial charge < -0.3 is 67.5 Å². The van der Waals surface area contributed by atoms with Crippen LogP contribution in [0.5, 0.6) is 0 Å². The first kappa shape index (κ1) is 51.8. The van der Waals surface area contributed by atoms with E-state index in [4.69, 9.17) is 48.0 Å². The van der Waals surface area contributed by atoms with Gasteiger partial charge in [0.2, 0.25) is 0 Å². The number of rotatable bonds is 25. The Kier molecular flexibility index (Phi) is 22.5. The summed E-state index contributed by atoms with van der Waals surface area (Å²) >= 11 is 0. The molecule has 0 heterocycles. The van der Waals surface area contributed by atoms with Crippen LogP contribution in [-0.4, -0.2) is 171 Å². The van der Waals surface area contributed by atoms with E-state index in [1.165, 1.54) is 13.8 Å². The molecule has 0 spiro atoms. The minimum atomic E-state index is -2.20. The number of aliphatic carboxylic acids is 1. The number of esters is 2. The van der Waals surface area contributed by atoms with Gasteiger partial charge in [0, 0.05) is 6.61 Å². The molecule has 0 radical (unpaired) electrons. The van der Waals surface area contributed by atoms with Gasteiger partial charge in [0.1, 0.15) is 43.2 Å². The second kappa shape index (κ2) is 22.1. The molecule has 0 fully saturated rings. The van der Waals surface area contributed by atoms with Gasteiger partial charge in [-0.25, -0.2) is 0 Å². The first-order chi connectivity index (χ1) is 23.0. The highest BCUT2D eigenvalue weighted by Gasteiger charge is 2.41. The molecule has 0 saturated heterocycles. The fourth-order valence-electron chi connectivity index (χ4n) is 4.43. The van der Waals surface area contributed by atoms with E-state index >= 15 is 0 Å². The van der Waals surface area contributed by atoms with Crippen molar-refractivity contribution in [1.29, 1.82) is 0 Å². The number of aliphatic hydroxyl groups excluding tert-OH is 6. The van der Waals surface area contributed by atoms with E-state index in [-0.39, 0.29) is 6.61 Å². The maximum Gasteiger partial charge on any atom is 0.316 e. The molecule has 0 aliphatic carbocycles. The lowest BCUT2D eigenvalue weighted by molar-refractivity contribution is -0.893. The summed E-state index contributed by atoms with van der Waals surface area (Å²) in [5.41, 5.74) is -5.14. The molecule has 51 heavy (non-hydrogen) atoms. The average Bonchev–Trinajstić information content (AvgIpc) is 2.99. The van der Waals surface area contributed by atoms with Crippen molar-refractivity contribution in [3.8, 4) is 0 Å². The van der Waals surface area contributed by atoms with Crippen molar-refractivity contribution >= 4 is 43.1 Å². The molecule has 0 aromatic heterocycles. The quantitative estimate of drug-likeness (QED) is 0.0293. The SMILES string of the molecule is CC(COC(=O)C(C)(CO)CO)(COC(=O)C(C)(CO)CO)C(=O)[O-].C[N+](C)(CCO)CC(O)COCCC[Si](C)(O[Si](C)(C)C)O[Si](C)(C)C. The van der Waals surface area contributed by atoms with E-state index in [0.29, 0.717) is 30.8 Å². The Bertz CT molecular complexity index is 992. The zero-order chi connectivity index (χ0) is 40.5. The van der Waals surface area contributed by atoms with Crippen LogP contribution >= 0.6 is 0 Å². The summed E-state index contributed by atoms with van der Waals surface area (Å²) in [6.07, 6.45) is 0.371. The Morgan fingerprint density at radius 1 is 0.725 bits per heavy atom. The van der Waals surface area contributed by atoms with E-state index in [1.807, 2.05) is 14.1 Å². The van der Waals surface area contributed by atoms with E-state index in [0.717, 1.165) is 19.4 Å². The van der Waals surface area contributed by atoms with Gasteiger partial charge in [-0.05, 0) is 79.1 Å². The number of hydrogen-bond acceptors (Lipinski definition) is 15. The fraction of sp³-hybridized carbons (Fsp3) is 0.906. The van der Waals surface area contributed by atoms with Crippen molar-refractivity contribution in [1.82, 2.24) is 0 Å². The second-order valence-electron chi connectivity index (χ2n) is 16.7. The molecule has 19 heteroatoms. The normalized spacial score (nSPS) is 14.0. The minimum absolute atomic E-state index is 0.123. The maximum atomic E-state index is 11.9. The highest BCUT2D eigenvalue weighted by Crippen LogP contribution is 2.26. The van der Waals surface area contributed by atoms with Crippen LogP contribution in [0, 0.1) is 16.2 Å². The van der Waals surface area contributed by atoms with E-state index in [1.54, 1.807) is 0 Å². The van der Waals surface area contributed by atoms with Crippen LogP contribution in [0.2, 0.25) is 51.9 Å². The zero-order valence-electron chi connectivity index (χ0n) is 33.1. The lowest BCUT2D eigenvalue weighted by Gasteiger charge is -2.38. The lowest BCUT2D eigenvalue weighted by Crippen LogP contribution is -2.52. The summed E-state index contributed by atoms with van der Waals surface area (Å²) in [5.74, 6) is -3.74. The zero-order valence-corrected chi connectivity index (χ0v) is 36.1. The summed E-state index contributed by atoms with van der Waals surface area (Å²) in [7, 11) is -1.52. The van der Waals surface area contributed by atoms with Gasteiger partial charge in [-0.1, -0.05) is 0 Å². The van der Waals surface area contributed by atoms with Gasteiger partial charge in [0.25, 0.3) is 0 Å². The third-order valence-corrected chi connectivity index (χ3v) is 17.2. The van der Waals surface area contributed by atoms with Gasteiger partial charge >= 0.3 is 20.5 Å². The molecular formula is C32H69NO15Si3. The number of aliphatic hydroxyl groups is 6. The number of ether oxygens (including phenoxy) is 3. The van der Waals surface area contributed by atoms with Crippen LogP contribution in [0.1, 0.15) is 27.2 Å². The third-order valence-electron chi connectivity index (χ3n) is 7.60. The molecule has 1 atom stereocenters. The molecule has 0 aliphatic rings. The summed E-state index contributed by atoms with van der Waals surface area (Å²) in [4.78, 5) is 35.0. The van der Waals surface area contributed by atoms with Crippen molar-refractivity contribution in [3.05, 3.63) is 0 Å². The van der Waals surface area contributed by atoms with Crippen LogP contribution in [0.3, 0.4) is 0 Å². The number of nitrogens with zero attached hydrogens (tertiary/aromatic N) is 1. The highest BCUT2D eigenvalue weighted by molar-refractivity contribution is 6.87. The van der Waals surface area contributed by atoms with Crippen LogP contribution in [0.15, 0.2) is 0 Å². The highest BCUT2D eigenvalue weighted by atomic mass is 28.5. The van der Waals surface area contributed by atoms with Crippen molar-refractivity contribution in [2.45, 2.75) is 85.2 Å². The summed E-state index contributed by atoms with van der Waals surface area (Å²) in [5, 5.41) is 66.9. The molecule has 0 aliphatic heterocycles. The van der Waals surface area contributed by atoms with Gasteiger partial charge in [0.05, 0.1) is 65.1 Å². The van der Waals surface area contributed by atoms with Gasteiger partial charge in [-0.2, -0.15) is 0 Å². The summed E-state index contributed by atoms with van der Waals surface area (Å²) in [6, 6.07) is 0.920. The minimum Gasteiger partial charge on any atom is -0.549 e. The van der Waals surface area contributed by atoms with Crippen molar-refractivity contribution in [2.24, 2.45) is 16.2 Å². The van der Waals surface area contributed by atoms with Crippen molar-refractivity contribution in [3.63, 3.8) is 0 Å². The van der Waals surface area contributed by atoms with E-state index in [9.17, 15) is 24.6 Å². The Balaban J connectivity index is 0. The van der Waals surface area contributed by atoms with Gasteiger partial charge in [-0.3, -0.25) is 9.59 Å². The van der Waals surface area contributed by atoms with Crippen LogP contribution < -0.4 is 5.11 Å². The number of carbonyl (C=O) groups excluding carboxylic acids is 3. The van der Waals surface area contributed by atoms with E-state index in [2.05, 4.69) is 45.8 Å². The summed E-state index contributed by atoms with van der Waals surface area (Å²) < 4.78 is 28.9. The largest absolute Gasteiger partial charge is 0.549 e. The second-order valence-corrected chi connectivity index (χ2v) is 29.6. The molecular weight excluding hydrogens is 723 g/mol. The number of likely N-dealkylation sites (N-methyl/N-ethyl adjacent to an activating group) is 1. The fourth-order valence-corrected chi connectivity index (χ4v) is 16.9. The van der Waals surface area contributed by atoms with Crippen molar-refractivity contribution in [2.75, 3.05) is 86.6 Å². The van der Waals surface area contributed by atoms with Gasteiger partial charge in [-0.15, -0.1) is 0 Å². The van der Waals surface area contributed by atoms with Crippen LogP contribution in [0.4, 0.5) is 0 Å². The molecule has 1 unspecified atom stereocenters. The molecule has 0 bridgehead atoms. The first-order valence-electron chi connectivity index (χ1n) is 17.1. The molecule has 0 aromatic carbocycles. The number of carboxylic acids is 1. The molecule has 6 N–H and O–H groups in total. The number of carboxylic acid groups (broad SMARTS) is 1. The van der Waals surface area contributed by atoms with Crippen LogP contribution in [0.25, 0.3) is 0 Å².